The van der Waals surface area contributed by atoms with E-state index in [1.807, 2.05) is 6.07 Å². The molecule has 0 amide bonds. The summed E-state index contributed by atoms with van der Waals surface area (Å²) in [6.45, 7) is 1.64. The van der Waals surface area contributed by atoms with Crippen LogP contribution in [0.1, 0.15) is 18.2 Å². The minimum Gasteiger partial charge on any atom is -0.465 e. The van der Waals surface area contributed by atoms with E-state index in [4.69, 9.17) is 16.0 Å². The maximum atomic E-state index is 10.6. The van der Waals surface area contributed by atoms with Crippen LogP contribution in [0.4, 0.5) is 0 Å². The van der Waals surface area contributed by atoms with E-state index in [2.05, 4.69) is 31.9 Å². The molecule has 17 heavy (non-hydrogen) atoms. The van der Waals surface area contributed by atoms with Gasteiger partial charge in [-0.25, -0.2) is 0 Å². The number of rotatable bonds is 2. The van der Waals surface area contributed by atoms with Crippen LogP contribution in [0.15, 0.2) is 43.9 Å². The molecule has 1 aromatic heterocycles. The minimum atomic E-state index is -1.28. The summed E-state index contributed by atoms with van der Waals surface area (Å²) in [5.41, 5.74) is -0.682. The van der Waals surface area contributed by atoms with Gasteiger partial charge in [0.2, 0.25) is 0 Å². The molecule has 0 saturated carbocycles. The lowest BCUT2D eigenvalue weighted by atomic mass is 9.93. The summed E-state index contributed by atoms with van der Waals surface area (Å²) in [5, 5.41) is 11.1. The van der Waals surface area contributed by atoms with Crippen molar-refractivity contribution in [2.45, 2.75) is 12.5 Å². The highest BCUT2D eigenvalue weighted by Gasteiger charge is 2.33. The fourth-order valence-electron chi connectivity index (χ4n) is 1.65. The van der Waals surface area contributed by atoms with E-state index in [0.29, 0.717) is 20.8 Å². The predicted octanol–water partition coefficient (Wildman–Crippen LogP) is 4.71. The van der Waals surface area contributed by atoms with Crippen LogP contribution in [0.3, 0.4) is 0 Å². The lowest BCUT2D eigenvalue weighted by Gasteiger charge is -2.23. The fourth-order valence-corrected chi connectivity index (χ4v) is 3.09. The van der Waals surface area contributed by atoms with Crippen molar-refractivity contribution in [1.82, 2.24) is 0 Å². The van der Waals surface area contributed by atoms with Crippen molar-refractivity contribution >= 4 is 43.5 Å². The standard InChI is InChI=1S/C12H9Br2ClO2/c1-12(16,11-9(14)4-5-17-11)8-3-2-7(13)6-10(8)15/h2-6,16H,1H3. The first-order valence-corrected chi connectivity index (χ1v) is 6.80. The monoisotopic (exact) mass is 378 g/mol. The van der Waals surface area contributed by atoms with E-state index >= 15 is 0 Å². The lowest BCUT2D eigenvalue weighted by Crippen LogP contribution is -2.23. The molecule has 1 unspecified atom stereocenters. The molecule has 0 aliphatic rings. The molecular formula is C12H9Br2ClO2. The zero-order valence-corrected chi connectivity index (χ0v) is 12.8. The minimum absolute atomic E-state index is 0.432. The molecule has 1 heterocycles. The molecule has 2 aromatic rings. The normalized spacial score (nSPS) is 14.6. The SMILES string of the molecule is CC(O)(c1ccc(Br)cc1Cl)c1occc1Br. The van der Waals surface area contributed by atoms with E-state index < -0.39 is 5.60 Å². The molecule has 1 N–H and O–H groups in total. The van der Waals surface area contributed by atoms with Crippen molar-refractivity contribution in [2.75, 3.05) is 0 Å². The summed E-state index contributed by atoms with van der Waals surface area (Å²) in [6.07, 6.45) is 1.51. The number of hydrogen-bond donors (Lipinski definition) is 1. The van der Waals surface area contributed by atoms with Crippen molar-refractivity contribution < 1.29 is 9.52 Å². The van der Waals surface area contributed by atoms with Crippen LogP contribution in [0.5, 0.6) is 0 Å². The number of hydrogen-bond acceptors (Lipinski definition) is 2. The molecule has 1 aromatic carbocycles. The zero-order valence-electron chi connectivity index (χ0n) is 8.88. The van der Waals surface area contributed by atoms with E-state index in [0.717, 1.165) is 4.47 Å². The second-order valence-corrected chi connectivity index (χ2v) is 5.97. The Morgan fingerprint density at radius 1 is 1.29 bits per heavy atom. The molecule has 90 valence electrons. The van der Waals surface area contributed by atoms with Gasteiger partial charge in [-0.3, -0.25) is 0 Å². The molecule has 0 radical (unpaired) electrons. The van der Waals surface area contributed by atoms with Crippen molar-refractivity contribution in [3.63, 3.8) is 0 Å². The summed E-state index contributed by atoms with van der Waals surface area (Å²) in [4.78, 5) is 0. The molecule has 2 nitrogen and oxygen atoms in total. The largest absolute Gasteiger partial charge is 0.465 e. The Labute approximate surface area is 121 Å². The van der Waals surface area contributed by atoms with E-state index in [-0.39, 0.29) is 0 Å². The van der Waals surface area contributed by atoms with Gasteiger partial charge in [-0.2, -0.15) is 0 Å². The zero-order chi connectivity index (χ0) is 12.6. The van der Waals surface area contributed by atoms with E-state index in [9.17, 15) is 5.11 Å². The summed E-state index contributed by atoms with van der Waals surface area (Å²) in [5.74, 6) is 0.432. The van der Waals surface area contributed by atoms with Gasteiger partial charge in [0.05, 0.1) is 10.7 Å². The highest BCUT2D eigenvalue weighted by molar-refractivity contribution is 9.10. The third-order valence-corrected chi connectivity index (χ3v) is 3.95. The number of furan rings is 1. The first-order chi connectivity index (χ1) is 7.93. The first kappa shape index (κ1) is 13.1. The molecular weight excluding hydrogens is 371 g/mol. The average molecular weight is 380 g/mol. The van der Waals surface area contributed by atoms with Gasteiger partial charge in [-0.05, 0) is 41.1 Å². The molecule has 0 spiro atoms. The molecule has 0 aliphatic carbocycles. The average Bonchev–Trinajstić information content (AvgIpc) is 2.64. The Kier molecular flexibility index (Phi) is 3.69. The quantitative estimate of drug-likeness (QED) is 0.818. The molecule has 0 aliphatic heterocycles. The van der Waals surface area contributed by atoms with Crippen molar-refractivity contribution in [2.24, 2.45) is 0 Å². The van der Waals surface area contributed by atoms with Gasteiger partial charge in [0.25, 0.3) is 0 Å². The summed E-state index contributed by atoms with van der Waals surface area (Å²) in [7, 11) is 0. The highest BCUT2D eigenvalue weighted by Crippen LogP contribution is 2.38. The number of benzene rings is 1. The highest BCUT2D eigenvalue weighted by atomic mass is 79.9. The Morgan fingerprint density at radius 3 is 2.53 bits per heavy atom. The van der Waals surface area contributed by atoms with Gasteiger partial charge in [0, 0.05) is 15.1 Å². The Hall–Kier alpha value is -0.290. The van der Waals surface area contributed by atoms with Crippen molar-refractivity contribution in [3.8, 4) is 0 Å². The summed E-state index contributed by atoms with van der Waals surface area (Å²) >= 11 is 12.8. The van der Waals surface area contributed by atoms with Crippen LogP contribution in [-0.4, -0.2) is 5.11 Å². The summed E-state index contributed by atoms with van der Waals surface area (Å²) < 4.78 is 6.87. The van der Waals surface area contributed by atoms with Crippen molar-refractivity contribution in [1.29, 1.82) is 0 Å². The topological polar surface area (TPSA) is 33.4 Å². The van der Waals surface area contributed by atoms with Gasteiger partial charge in [0.1, 0.15) is 5.60 Å². The Morgan fingerprint density at radius 2 is 2.00 bits per heavy atom. The van der Waals surface area contributed by atoms with Gasteiger partial charge in [-0.15, -0.1) is 0 Å². The third kappa shape index (κ3) is 2.45. The second-order valence-electron chi connectivity index (χ2n) is 3.79. The first-order valence-electron chi connectivity index (χ1n) is 4.84. The lowest BCUT2D eigenvalue weighted by molar-refractivity contribution is 0.0759. The van der Waals surface area contributed by atoms with Crippen LogP contribution < -0.4 is 0 Å². The van der Waals surface area contributed by atoms with Crippen LogP contribution in [0.25, 0.3) is 0 Å². The van der Waals surface area contributed by atoms with E-state index in [1.165, 1.54) is 6.26 Å². The van der Waals surface area contributed by atoms with Gasteiger partial charge >= 0.3 is 0 Å². The molecule has 0 fully saturated rings. The number of aliphatic hydroxyl groups is 1. The Bertz CT molecular complexity index is 549. The summed E-state index contributed by atoms with van der Waals surface area (Å²) in [6, 6.07) is 7.06. The van der Waals surface area contributed by atoms with Gasteiger partial charge in [0.15, 0.2) is 5.76 Å². The fraction of sp³-hybridized carbons (Fsp3) is 0.167. The van der Waals surface area contributed by atoms with Crippen molar-refractivity contribution in [3.05, 3.63) is 55.8 Å². The maximum absolute atomic E-state index is 10.6. The van der Waals surface area contributed by atoms with Crippen LogP contribution in [-0.2, 0) is 5.60 Å². The molecule has 2 rings (SSSR count). The molecule has 1 atom stereocenters. The second kappa shape index (κ2) is 4.76. The van der Waals surface area contributed by atoms with Crippen LogP contribution >= 0.6 is 43.5 Å². The van der Waals surface area contributed by atoms with Gasteiger partial charge in [-0.1, -0.05) is 33.6 Å². The number of halogens is 3. The maximum Gasteiger partial charge on any atom is 0.153 e. The molecule has 0 bridgehead atoms. The van der Waals surface area contributed by atoms with E-state index in [1.54, 1.807) is 25.1 Å². The van der Waals surface area contributed by atoms with Gasteiger partial charge < -0.3 is 9.52 Å². The predicted molar refractivity (Wildman–Crippen MR) is 74.2 cm³/mol. The third-order valence-electron chi connectivity index (χ3n) is 2.51. The Balaban J connectivity index is 2.55. The smallest absolute Gasteiger partial charge is 0.153 e. The molecule has 5 heteroatoms. The molecule has 0 saturated heterocycles. The van der Waals surface area contributed by atoms with Crippen LogP contribution in [0, 0.1) is 0 Å². The van der Waals surface area contributed by atoms with Crippen LogP contribution in [0.2, 0.25) is 5.02 Å².